The average Bonchev–Trinajstić information content (AvgIpc) is 2.31. The monoisotopic (exact) mass is 193 g/mol. The van der Waals surface area contributed by atoms with Gasteiger partial charge in [0, 0.05) is 5.38 Å². The van der Waals surface area contributed by atoms with Gasteiger partial charge in [-0.15, -0.1) is 23.7 Å². The van der Waals surface area contributed by atoms with Gasteiger partial charge in [0.05, 0.1) is 5.69 Å². The third kappa shape index (κ3) is 3.55. The van der Waals surface area contributed by atoms with Gasteiger partial charge in [0.2, 0.25) is 0 Å². The topological polar surface area (TPSA) is 64.9 Å². The first-order chi connectivity index (χ1) is 4.83. The number of hydrogen-bond donors (Lipinski definition) is 2. The highest BCUT2D eigenvalue weighted by Crippen LogP contribution is 2.11. The van der Waals surface area contributed by atoms with Crippen LogP contribution in [0.3, 0.4) is 0 Å². The summed E-state index contributed by atoms with van der Waals surface area (Å²) in [6, 6.07) is 0. The molecular formula is C6H12ClN3S. The largest absolute Gasteiger partial charge is 0.375 e. The summed E-state index contributed by atoms with van der Waals surface area (Å²) in [5, 5.41) is 2.62. The Morgan fingerprint density at radius 1 is 1.55 bits per heavy atom. The fourth-order valence-corrected chi connectivity index (χ4v) is 1.32. The maximum atomic E-state index is 5.43. The molecule has 3 nitrogen and oxygen atoms in total. The van der Waals surface area contributed by atoms with E-state index in [9.17, 15) is 0 Å². The van der Waals surface area contributed by atoms with E-state index >= 15 is 0 Å². The average molecular weight is 194 g/mol. The molecule has 0 radical (unpaired) electrons. The van der Waals surface area contributed by atoms with Crippen LogP contribution >= 0.6 is 23.7 Å². The second kappa shape index (κ2) is 5.35. The van der Waals surface area contributed by atoms with Crippen molar-refractivity contribution in [1.29, 1.82) is 0 Å². The summed E-state index contributed by atoms with van der Waals surface area (Å²) in [5.74, 6) is 0. The van der Waals surface area contributed by atoms with Crippen molar-refractivity contribution >= 4 is 28.9 Å². The molecule has 0 atom stereocenters. The summed E-state index contributed by atoms with van der Waals surface area (Å²) in [7, 11) is 0. The van der Waals surface area contributed by atoms with Crippen molar-refractivity contribution in [3.8, 4) is 0 Å². The van der Waals surface area contributed by atoms with E-state index in [2.05, 4.69) is 4.98 Å². The van der Waals surface area contributed by atoms with E-state index < -0.39 is 0 Å². The second-order valence-corrected chi connectivity index (χ2v) is 2.96. The first kappa shape index (κ1) is 10.7. The second-order valence-electron chi connectivity index (χ2n) is 2.07. The number of anilines is 1. The normalized spacial score (nSPS) is 9.18. The van der Waals surface area contributed by atoms with E-state index in [0.717, 1.165) is 25.1 Å². The fraction of sp³-hybridized carbons (Fsp3) is 0.500. The number of thiazole rings is 1. The van der Waals surface area contributed by atoms with Crippen molar-refractivity contribution < 1.29 is 0 Å². The predicted octanol–water partition coefficient (Wildman–Crippen LogP) is 1.04. The maximum absolute atomic E-state index is 5.43. The minimum Gasteiger partial charge on any atom is -0.375 e. The predicted molar refractivity (Wildman–Crippen MR) is 51.1 cm³/mol. The lowest BCUT2D eigenvalue weighted by atomic mass is 10.2. The highest BCUT2D eigenvalue weighted by molar-refractivity contribution is 7.13. The van der Waals surface area contributed by atoms with Gasteiger partial charge in [0.15, 0.2) is 5.13 Å². The summed E-state index contributed by atoms with van der Waals surface area (Å²) in [4.78, 5) is 4.09. The quantitative estimate of drug-likeness (QED) is 0.754. The summed E-state index contributed by atoms with van der Waals surface area (Å²) >= 11 is 1.48. The van der Waals surface area contributed by atoms with Crippen molar-refractivity contribution in [1.82, 2.24) is 4.98 Å². The van der Waals surface area contributed by atoms with Gasteiger partial charge >= 0.3 is 0 Å². The van der Waals surface area contributed by atoms with Gasteiger partial charge in [0.25, 0.3) is 0 Å². The molecule has 0 aromatic carbocycles. The van der Waals surface area contributed by atoms with Crippen LogP contribution in [0.5, 0.6) is 0 Å². The zero-order chi connectivity index (χ0) is 7.40. The Labute approximate surface area is 76.2 Å². The van der Waals surface area contributed by atoms with Gasteiger partial charge in [0.1, 0.15) is 0 Å². The van der Waals surface area contributed by atoms with Gasteiger partial charge in [-0.05, 0) is 19.4 Å². The highest BCUT2D eigenvalue weighted by atomic mass is 35.5. The minimum atomic E-state index is 0. The van der Waals surface area contributed by atoms with Crippen LogP contribution in [0.4, 0.5) is 5.13 Å². The van der Waals surface area contributed by atoms with Gasteiger partial charge in [-0.25, -0.2) is 4.98 Å². The molecule has 0 aliphatic rings. The molecular weight excluding hydrogens is 182 g/mol. The Bertz CT molecular complexity index is 201. The van der Waals surface area contributed by atoms with Crippen molar-refractivity contribution in [2.75, 3.05) is 12.3 Å². The first-order valence-corrected chi connectivity index (χ1v) is 4.11. The van der Waals surface area contributed by atoms with Crippen LogP contribution in [0, 0.1) is 0 Å². The van der Waals surface area contributed by atoms with Crippen LogP contribution in [0.15, 0.2) is 5.38 Å². The Kier molecular flexibility index (Phi) is 5.19. The molecule has 0 unspecified atom stereocenters. The molecule has 0 amide bonds. The molecule has 64 valence electrons. The highest BCUT2D eigenvalue weighted by Gasteiger charge is 1.96. The standard InChI is InChI=1S/C6H11N3S.ClH/c7-3-1-2-5-4-10-6(8)9-5;/h4H,1-3,7H2,(H2,8,9);1H. The molecule has 1 rings (SSSR count). The molecule has 0 bridgehead atoms. The Balaban J connectivity index is 0.000001000. The molecule has 1 heterocycles. The lowest BCUT2D eigenvalue weighted by Crippen LogP contribution is -2.00. The van der Waals surface area contributed by atoms with Crippen molar-refractivity contribution in [2.45, 2.75) is 12.8 Å². The van der Waals surface area contributed by atoms with Crippen LogP contribution in [0.2, 0.25) is 0 Å². The van der Waals surface area contributed by atoms with Gasteiger partial charge in [-0.2, -0.15) is 0 Å². The van der Waals surface area contributed by atoms with Crippen molar-refractivity contribution in [3.63, 3.8) is 0 Å². The Hall–Kier alpha value is -0.320. The van der Waals surface area contributed by atoms with E-state index in [0.29, 0.717) is 5.13 Å². The van der Waals surface area contributed by atoms with Crippen LogP contribution in [-0.2, 0) is 6.42 Å². The number of aryl methyl sites for hydroxylation is 1. The van der Waals surface area contributed by atoms with E-state index in [1.165, 1.54) is 11.3 Å². The summed E-state index contributed by atoms with van der Waals surface area (Å²) in [5.41, 5.74) is 11.8. The molecule has 1 aromatic rings. The van der Waals surface area contributed by atoms with E-state index in [4.69, 9.17) is 11.5 Å². The summed E-state index contributed by atoms with van der Waals surface area (Å²) < 4.78 is 0. The molecule has 0 fully saturated rings. The van der Waals surface area contributed by atoms with Crippen LogP contribution in [0.25, 0.3) is 0 Å². The molecule has 0 saturated heterocycles. The minimum absolute atomic E-state index is 0. The third-order valence-electron chi connectivity index (χ3n) is 1.21. The van der Waals surface area contributed by atoms with E-state index in [1.807, 2.05) is 5.38 Å². The van der Waals surface area contributed by atoms with Crippen LogP contribution in [-0.4, -0.2) is 11.5 Å². The molecule has 0 saturated carbocycles. The summed E-state index contributed by atoms with van der Waals surface area (Å²) in [6.07, 6.45) is 1.94. The Morgan fingerprint density at radius 3 is 2.73 bits per heavy atom. The molecule has 5 heteroatoms. The number of nitrogens with two attached hydrogens (primary N) is 2. The molecule has 0 spiro atoms. The molecule has 11 heavy (non-hydrogen) atoms. The number of rotatable bonds is 3. The SMILES string of the molecule is Cl.NCCCc1csc(N)n1. The number of hydrogen-bond acceptors (Lipinski definition) is 4. The number of nitrogens with zero attached hydrogens (tertiary/aromatic N) is 1. The van der Waals surface area contributed by atoms with E-state index in [1.54, 1.807) is 0 Å². The molecule has 1 aromatic heterocycles. The van der Waals surface area contributed by atoms with Gasteiger partial charge < -0.3 is 11.5 Å². The van der Waals surface area contributed by atoms with Gasteiger partial charge in [-0.1, -0.05) is 0 Å². The molecule has 4 N–H and O–H groups in total. The zero-order valence-corrected chi connectivity index (χ0v) is 7.75. The number of nitrogen functional groups attached to an aromatic ring is 1. The lowest BCUT2D eigenvalue weighted by Gasteiger charge is -1.90. The maximum Gasteiger partial charge on any atom is 0.180 e. The first-order valence-electron chi connectivity index (χ1n) is 3.23. The Morgan fingerprint density at radius 2 is 2.27 bits per heavy atom. The fourth-order valence-electron chi connectivity index (χ4n) is 0.721. The van der Waals surface area contributed by atoms with Crippen LogP contribution in [0.1, 0.15) is 12.1 Å². The number of halogens is 1. The zero-order valence-electron chi connectivity index (χ0n) is 6.12. The van der Waals surface area contributed by atoms with Crippen molar-refractivity contribution in [2.24, 2.45) is 5.73 Å². The van der Waals surface area contributed by atoms with Crippen molar-refractivity contribution in [3.05, 3.63) is 11.1 Å². The summed E-state index contributed by atoms with van der Waals surface area (Å²) in [6.45, 7) is 0.720. The lowest BCUT2D eigenvalue weighted by molar-refractivity contribution is 0.817. The van der Waals surface area contributed by atoms with Gasteiger partial charge in [-0.3, -0.25) is 0 Å². The third-order valence-corrected chi connectivity index (χ3v) is 1.93. The molecule has 0 aliphatic heterocycles. The number of aromatic nitrogens is 1. The molecule has 0 aliphatic carbocycles. The smallest absolute Gasteiger partial charge is 0.180 e. The van der Waals surface area contributed by atoms with Crippen LogP contribution < -0.4 is 11.5 Å². The van der Waals surface area contributed by atoms with E-state index in [-0.39, 0.29) is 12.4 Å².